The highest BCUT2D eigenvalue weighted by Gasteiger charge is 2.18. The Morgan fingerprint density at radius 2 is 2.14 bits per heavy atom. The van der Waals surface area contributed by atoms with Crippen molar-refractivity contribution in [1.82, 2.24) is 15.2 Å². The van der Waals surface area contributed by atoms with Gasteiger partial charge in [-0.15, -0.1) is 0 Å². The summed E-state index contributed by atoms with van der Waals surface area (Å²) in [6.07, 6.45) is 6.36. The molecule has 0 aliphatic heterocycles. The van der Waals surface area contributed by atoms with Gasteiger partial charge in [-0.3, -0.25) is 9.78 Å². The fraction of sp³-hybridized carbons (Fsp3) is 0.562. The number of hydrogen-bond acceptors (Lipinski definition) is 3. The molecule has 6 nitrogen and oxygen atoms in total. The Hall–Kier alpha value is -2.11. The van der Waals surface area contributed by atoms with E-state index in [1.54, 1.807) is 20.2 Å². The van der Waals surface area contributed by atoms with Crippen LogP contribution in [0.4, 0.5) is 4.79 Å². The quantitative estimate of drug-likeness (QED) is 0.771. The zero-order valence-corrected chi connectivity index (χ0v) is 13.5. The second-order valence-electron chi connectivity index (χ2n) is 5.72. The average Bonchev–Trinajstić information content (AvgIpc) is 2.47. The molecule has 122 valence electrons. The van der Waals surface area contributed by atoms with Gasteiger partial charge in [-0.25, -0.2) is 4.79 Å². The van der Waals surface area contributed by atoms with Crippen LogP contribution in [0.25, 0.3) is 0 Å². The van der Waals surface area contributed by atoms with Crippen LogP contribution < -0.4 is 5.32 Å². The number of urea groups is 1. The smallest absolute Gasteiger partial charge is 0.317 e. The summed E-state index contributed by atoms with van der Waals surface area (Å²) in [4.78, 5) is 28.2. The van der Waals surface area contributed by atoms with E-state index in [1.165, 1.54) is 10.5 Å². The molecule has 0 aliphatic carbocycles. The monoisotopic (exact) mass is 307 g/mol. The summed E-state index contributed by atoms with van der Waals surface area (Å²) in [5.74, 6) is -1.47. The number of aryl methyl sites for hydroxylation is 1. The Kier molecular flexibility index (Phi) is 7.36. The Balaban J connectivity index is 2.27. The van der Waals surface area contributed by atoms with Gasteiger partial charge in [0.2, 0.25) is 0 Å². The lowest BCUT2D eigenvalue weighted by Crippen LogP contribution is -2.44. The maximum Gasteiger partial charge on any atom is 0.317 e. The fourth-order valence-electron chi connectivity index (χ4n) is 2.12. The van der Waals surface area contributed by atoms with Gasteiger partial charge in [0.25, 0.3) is 0 Å². The molecule has 1 aromatic rings. The first-order valence-corrected chi connectivity index (χ1v) is 7.53. The van der Waals surface area contributed by atoms with Crippen molar-refractivity contribution in [2.24, 2.45) is 5.92 Å². The fourth-order valence-corrected chi connectivity index (χ4v) is 2.12. The summed E-state index contributed by atoms with van der Waals surface area (Å²) in [6.45, 7) is 3.74. The first-order valence-electron chi connectivity index (χ1n) is 7.53. The number of carboxylic acid groups (broad SMARTS) is 1. The summed E-state index contributed by atoms with van der Waals surface area (Å²) < 4.78 is 0. The van der Waals surface area contributed by atoms with Crippen LogP contribution >= 0.6 is 0 Å². The Morgan fingerprint density at radius 3 is 2.73 bits per heavy atom. The molecule has 2 amide bonds. The molecule has 0 bridgehead atoms. The van der Waals surface area contributed by atoms with Gasteiger partial charge in [-0.05, 0) is 37.8 Å². The molecule has 2 unspecified atom stereocenters. The van der Waals surface area contributed by atoms with Gasteiger partial charge in [0.15, 0.2) is 0 Å². The van der Waals surface area contributed by atoms with Crippen molar-refractivity contribution in [2.45, 2.75) is 39.2 Å². The number of pyridine rings is 1. The van der Waals surface area contributed by atoms with Crippen molar-refractivity contribution < 1.29 is 14.7 Å². The lowest BCUT2D eigenvalue weighted by Gasteiger charge is -2.22. The van der Waals surface area contributed by atoms with Gasteiger partial charge in [0.05, 0.1) is 5.92 Å². The molecular formula is C16H25N3O3. The third-order valence-corrected chi connectivity index (χ3v) is 3.51. The number of aromatic nitrogens is 1. The molecular weight excluding hydrogens is 282 g/mol. The molecule has 0 saturated heterocycles. The van der Waals surface area contributed by atoms with Crippen molar-refractivity contribution in [1.29, 1.82) is 0 Å². The first kappa shape index (κ1) is 17.9. The minimum Gasteiger partial charge on any atom is -0.481 e. The van der Waals surface area contributed by atoms with Gasteiger partial charge in [0, 0.05) is 32.0 Å². The van der Waals surface area contributed by atoms with Gasteiger partial charge in [-0.1, -0.05) is 13.0 Å². The van der Waals surface area contributed by atoms with Crippen molar-refractivity contribution >= 4 is 12.0 Å². The lowest BCUT2D eigenvalue weighted by molar-refractivity contribution is -0.141. The van der Waals surface area contributed by atoms with Gasteiger partial charge in [-0.2, -0.15) is 0 Å². The predicted molar refractivity (Wildman–Crippen MR) is 84.6 cm³/mol. The van der Waals surface area contributed by atoms with Crippen molar-refractivity contribution in [3.8, 4) is 0 Å². The number of carbonyl (C=O) groups excluding carboxylic acids is 1. The molecule has 0 saturated carbocycles. The molecule has 0 spiro atoms. The maximum absolute atomic E-state index is 12.0. The van der Waals surface area contributed by atoms with Crippen LogP contribution in [0.1, 0.15) is 32.3 Å². The van der Waals surface area contributed by atoms with E-state index in [-0.39, 0.29) is 18.6 Å². The molecule has 0 aromatic carbocycles. The minimum absolute atomic E-state index is 0.0479. The van der Waals surface area contributed by atoms with Crippen LogP contribution in [0.15, 0.2) is 24.5 Å². The van der Waals surface area contributed by atoms with Crippen LogP contribution in [0.3, 0.4) is 0 Å². The highest BCUT2D eigenvalue weighted by Crippen LogP contribution is 2.06. The second kappa shape index (κ2) is 9.02. The van der Waals surface area contributed by atoms with Crippen LogP contribution in [0.5, 0.6) is 0 Å². The van der Waals surface area contributed by atoms with Gasteiger partial charge < -0.3 is 15.3 Å². The predicted octanol–water partition coefficient (Wildman–Crippen LogP) is 2.15. The topological polar surface area (TPSA) is 82.5 Å². The van der Waals surface area contributed by atoms with E-state index in [2.05, 4.69) is 10.3 Å². The molecule has 6 heteroatoms. The van der Waals surface area contributed by atoms with E-state index in [0.717, 1.165) is 19.3 Å². The molecule has 1 rings (SSSR count). The highest BCUT2D eigenvalue weighted by atomic mass is 16.4. The summed E-state index contributed by atoms with van der Waals surface area (Å²) in [5.41, 5.74) is 1.19. The number of nitrogens with zero attached hydrogens (tertiary/aromatic N) is 2. The van der Waals surface area contributed by atoms with Gasteiger partial charge in [0.1, 0.15) is 0 Å². The summed E-state index contributed by atoms with van der Waals surface area (Å²) >= 11 is 0. The number of hydrogen-bond donors (Lipinski definition) is 2. The minimum atomic E-state index is -0.899. The summed E-state index contributed by atoms with van der Waals surface area (Å²) in [7, 11) is 1.61. The number of aliphatic carboxylic acids is 1. The standard InChI is InChI=1S/C16H25N3O3/c1-12(15(20)21)11-19(3)16(22)18-13(2)6-4-7-14-8-5-9-17-10-14/h5,8-10,12-13H,4,6-7,11H2,1-3H3,(H,18,22)(H,20,21). The van der Waals surface area contributed by atoms with Crippen LogP contribution in [-0.4, -0.2) is 46.6 Å². The summed E-state index contributed by atoms with van der Waals surface area (Å²) in [6, 6.07) is 3.77. The Bertz CT molecular complexity index is 479. The summed E-state index contributed by atoms with van der Waals surface area (Å²) in [5, 5.41) is 11.7. The highest BCUT2D eigenvalue weighted by molar-refractivity contribution is 5.75. The van der Waals surface area contributed by atoms with E-state index >= 15 is 0 Å². The molecule has 0 fully saturated rings. The van der Waals surface area contributed by atoms with E-state index in [0.29, 0.717) is 0 Å². The molecule has 1 heterocycles. The lowest BCUT2D eigenvalue weighted by atomic mass is 10.1. The van der Waals surface area contributed by atoms with E-state index < -0.39 is 11.9 Å². The molecule has 2 N–H and O–H groups in total. The van der Waals surface area contributed by atoms with Crippen molar-refractivity contribution in [2.75, 3.05) is 13.6 Å². The average molecular weight is 307 g/mol. The number of carbonyl (C=O) groups is 2. The molecule has 1 aromatic heterocycles. The normalized spacial score (nSPS) is 13.2. The van der Waals surface area contributed by atoms with E-state index in [1.807, 2.05) is 25.3 Å². The number of amides is 2. The number of nitrogens with one attached hydrogen (secondary N) is 1. The SMILES string of the molecule is CC(CCCc1cccnc1)NC(=O)N(C)CC(C)C(=O)O. The molecule has 2 atom stereocenters. The molecule has 0 aliphatic rings. The number of rotatable bonds is 8. The van der Waals surface area contributed by atoms with E-state index in [4.69, 9.17) is 5.11 Å². The number of carboxylic acids is 1. The second-order valence-corrected chi connectivity index (χ2v) is 5.72. The van der Waals surface area contributed by atoms with Gasteiger partial charge >= 0.3 is 12.0 Å². The van der Waals surface area contributed by atoms with Crippen LogP contribution in [-0.2, 0) is 11.2 Å². The van der Waals surface area contributed by atoms with Crippen LogP contribution in [0, 0.1) is 5.92 Å². The zero-order valence-electron chi connectivity index (χ0n) is 13.5. The zero-order chi connectivity index (χ0) is 16.5. The van der Waals surface area contributed by atoms with Crippen molar-refractivity contribution in [3.63, 3.8) is 0 Å². The molecule has 0 radical (unpaired) electrons. The Morgan fingerprint density at radius 1 is 1.41 bits per heavy atom. The first-order chi connectivity index (χ1) is 10.4. The van der Waals surface area contributed by atoms with Crippen LogP contribution in [0.2, 0.25) is 0 Å². The largest absolute Gasteiger partial charge is 0.481 e. The van der Waals surface area contributed by atoms with E-state index in [9.17, 15) is 9.59 Å². The maximum atomic E-state index is 12.0. The Labute approximate surface area is 131 Å². The third kappa shape index (κ3) is 6.56. The van der Waals surface area contributed by atoms with Crippen molar-refractivity contribution in [3.05, 3.63) is 30.1 Å². The third-order valence-electron chi connectivity index (χ3n) is 3.51. The molecule has 22 heavy (non-hydrogen) atoms.